The molecule has 2 fully saturated rings. The van der Waals surface area contributed by atoms with Gasteiger partial charge in [-0.25, -0.2) is 4.90 Å². The van der Waals surface area contributed by atoms with E-state index in [9.17, 15) is 14.7 Å². The van der Waals surface area contributed by atoms with Crippen molar-refractivity contribution in [3.05, 3.63) is 36.4 Å². The van der Waals surface area contributed by atoms with Gasteiger partial charge in [0.1, 0.15) is 5.75 Å². The Morgan fingerprint density at radius 3 is 2.16 bits per heavy atom. The number of aromatic hydroxyl groups is 1. The smallest absolute Gasteiger partial charge is 0.238 e. The van der Waals surface area contributed by atoms with E-state index in [0.29, 0.717) is 5.69 Å². The van der Waals surface area contributed by atoms with Crippen molar-refractivity contribution in [3.63, 3.8) is 0 Å². The van der Waals surface area contributed by atoms with Crippen LogP contribution in [0.1, 0.15) is 6.42 Å². The van der Waals surface area contributed by atoms with Gasteiger partial charge in [0.05, 0.1) is 17.5 Å². The molecule has 4 atom stereocenters. The summed E-state index contributed by atoms with van der Waals surface area (Å²) < 4.78 is 0. The molecule has 0 radical (unpaired) electrons. The largest absolute Gasteiger partial charge is 0.506 e. The van der Waals surface area contributed by atoms with E-state index in [-0.39, 0.29) is 41.2 Å². The lowest BCUT2D eigenvalue weighted by Crippen LogP contribution is -2.32. The van der Waals surface area contributed by atoms with E-state index < -0.39 is 0 Å². The van der Waals surface area contributed by atoms with Gasteiger partial charge in [0.25, 0.3) is 0 Å². The minimum absolute atomic E-state index is 0.0236. The first-order chi connectivity index (χ1) is 9.18. The maximum Gasteiger partial charge on any atom is 0.238 e. The highest BCUT2D eigenvalue weighted by molar-refractivity contribution is 6.23. The zero-order valence-electron chi connectivity index (χ0n) is 10.2. The van der Waals surface area contributed by atoms with Crippen LogP contribution in [0, 0.1) is 23.7 Å². The number of anilines is 1. The van der Waals surface area contributed by atoms with E-state index in [1.54, 1.807) is 18.2 Å². The van der Waals surface area contributed by atoms with Crippen molar-refractivity contribution in [3.8, 4) is 5.75 Å². The molecule has 1 aromatic rings. The Hall–Kier alpha value is -2.10. The number of phenols is 1. The molecule has 2 amide bonds. The van der Waals surface area contributed by atoms with E-state index in [4.69, 9.17) is 0 Å². The number of carbonyl (C=O) groups is 2. The van der Waals surface area contributed by atoms with E-state index in [2.05, 4.69) is 12.2 Å². The fourth-order valence-electron chi connectivity index (χ4n) is 3.79. The molecule has 1 heterocycles. The molecular formula is C15H13NO3. The number of amides is 2. The lowest BCUT2D eigenvalue weighted by atomic mass is 9.85. The topological polar surface area (TPSA) is 57.6 Å². The van der Waals surface area contributed by atoms with Crippen molar-refractivity contribution in [1.82, 2.24) is 0 Å². The Kier molecular flexibility index (Phi) is 1.97. The molecule has 0 spiro atoms. The molecule has 19 heavy (non-hydrogen) atoms. The van der Waals surface area contributed by atoms with Gasteiger partial charge in [-0.2, -0.15) is 0 Å². The van der Waals surface area contributed by atoms with Crippen LogP contribution in [-0.2, 0) is 9.59 Å². The monoisotopic (exact) mass is 255 g/mol. The van der Waals surface area contributed by atoms with Crippen molar-refractivity contribution in [2.45, 2.75) is 6.42 Å². The van der Waals surface area contributed by atoms with E-state index in [0.717, 1.165) is 6.42 Å². The van der Waals surface area contributed by atoms with Crippen molar-refractivity contribution < 1.29 is 14.7 Å². The summed E-state index contributed by atoms with van der Waals surface area (Å²) in [6.07, 6.45) is 5.04. The van der Waals surface area contributed by atoms with Gasteiger partial charge in [-0.05, 0) is 30.4 Å². The van der Waals surface area contributed by atoms with Crippen LogP contribution in [-0.4, -0.2) is 16.9 Å². The summed E-state index contributed by atoms with van der Waals surface area (Å²) in [5, 5.41) is 9.86. The zero-order valence-corrected chi connectivity index (χ0v) is 10.2. The molecule has 1 N–H and O–H groups in total. The highest BCUT2D eigenvalue weighted by Gasteiger charge is 2.59. The van der Waals surface area contributed by atoms with Gasteiger partial charge in [-0.3, -0.25) is 9.59 Å². The van der Waals surface area contributed by atoms with Crippen LogP contribution in [0.15, 0.2) is 36.4 Å². The molecule has 2 bridgehead atoms. The van der Waals surface area contributed by atoms with Crippen LogP contribution in [0.5, 0.6) is 5.75 Å². The number of imide groups is 1. The Labute approximate surface area is 110 Å². The molecule has 4 heteroatoms. The highest BCUT2D eigenvalue weighted by Crippen LogP contribution is 2.53. The van der Waals surface area contributed by atoms with Gasteiger partial charge in [0, 0.05) is 0 Å². The van der Waals surface area contributed by atoms with E-state index in [1.165, 1.54) is 11.0 Å². The first kappa shape index (κ1) is 10.8. The van der Waals surface area contributed by atoms with Crippen LogP contribution < -0.4 is 4.90 Å². The number of para-hydroxylation sites is 2. The van der Waals surface area contributed by atoms with Crippen LogP contribution in [0.2, 0.25) is 0 Å². The third-order valence-electron chi connectivity index (χ3n) is 4.59. The number of allylic oxidation sites excluding steroid dienone is 2. The number of fused-ring (bicyclic) bond motifs is 5. The number of nitrogens with zero attached hydrogens (tertiary/aromatic N) is 1. The van der Waals surface area contributed by atoms with Crippen LogP contribution in [0.25, 0.3) is 0 Å². The normalized spacial score (nSPS) is 35.3. The van der Waals surface area contributed by atoms with E-state index >= 15 is 0 Å². The summed E-state index contributed by atoms with van der Waals surface area (Å²) in [7, 11) is 0. The number of carbonyl (C=O) groups excluding carboxylic acids is 2. The highest BCUT2D eigenvalue weighted by atomic mass is 16.3. The van der Waals surface area contributed by atoms with Gasteiger partial charge in [0.15, 0.2) is 0 Å². The molecule has 2 aliphatic carbocycles. The van der Waals surface area contributed by atoms with Gasteiger partial charge in [-0.1, -0.05) is 24.3 Å². The predicted octanol–water partition coefficient (Wildman–Crippen LogP) is 1.70. The van der Waals surface area contributed by atoms with Crippen molar-refractivity contribution in [1.29, 1.82) is 0 Å². The molecule has 96 valence electrons. The maximum atomic E-state index is 12.5. The van der Waals surface area contributed by atoms with Gasteiger partial charge < -0.3 is 5.11 Å². The Morgan fingerprint density at radius 1 is 1.00 bits per heavy atom. The van der Waals surface area contributed by atoms with Gasteiger partial charge >= 0.3 is 0 Å². The molecule has 1 aliphatic heterocycles. The number of hydrogen-bond donors (Lipinski definition) is 1. The first-order valence-electron chi connectivity index (χ1n) is 6.52. The molecule has 3 aliphatic rings. The van der Waals surface area contributed by atoms with Crippen molar-refractivity contribution in [2.75, 3.05) is 4.90 Å². The molecule has 0 aromatic heterocycles. The average molecular weight is 255 g/mol. The first-order valence-corrected chi connectivity index (χ1v) is 6.52. The minimum atomic E-state index is -0.220. The Bertz CT molecular complexity index is 592. The fourth-order valence-corrected chi connectivity index (χ4v) is 3.79. The Morgan fingerprint density at radius 2 is 1.58 bits per heavy atom. The molecule has 4 rings (SSSR count). The molecule has 1 aromatic carbocycles. The summed E-state index contributed by atoms with van der Waals surface area (Å²) in [4.78, 5) is 26.2. The van der Waals surface area contributed by atoms with Gasteiger partial charge in [0.2, 0.25) is 11.8 Å². The summed E-state index contributed by atoms with van der Waals surface area (Å²) >= 11 is 0. The zero-order chi connectivity index (χ0) is 13.1. The van der Waals surface area contributed by atoms with E-state index in [1.807, 2.05) is 0 Å². The standard InChI is InChI=1S/C15H13NO3/c17-11-4-2-1-3-10(11)16-14(18)12-8-5-6-9(7-8)13(12)15(16)19/h1-6,8-9,12-13,17H,7H2/t8-,9+,12-,13-/m0/s1. The van der Waals surface area contributed by atoms with Crippen molar-refractivity contribution in [2.24, 2.45) is 23.7 Å². The third kappa shape index (κ3) is 1.23. The summed E-state index contributed by atoms with van der Waals surface area (Å²) in [6, 6.07) is 6.50. The maximum absolute atomic E-state index is 12.5. The fraction of sp³-hybridized carbons (Fsp3) is 0.333. The molecule has 1 saturated carbocycles. The number of phenolic OH excluding ortho intramolecular Hbond substituents is 1. The van der Waals surface area contributed by atoms with Gasteiger partial charge in [-0.15, -0.1) is 0 Å². The van der Waals surface area contributed by atoms with Crippen LogP contribution in [0.4, 0.5) is 5.69 Å². The molecule has 1 saturated heterocycles. The van der Waals surface area contributed by atoms with Crippen LogP contribution >= 0.6 is 0 Å². The average Bonchev–Trinajstić information content (AvgIpc) is 3.06. The predicted molar refractivity (Wildman–Crippen MR) is 68.3 cm³/mol. The molecular weight excluding hydrogens is 242 g/mol. The summed E-state index contributed by atoms with van der Waals surface area (Å²) in [5.41, 5.74) is 0.311. The number of hydrogen-bond acceptors (Lipinski definition) is 3. The van der Waals surface area contributed by atoms with Crippen LogP contribution in [0.3, 0.4) is 0 Å². The SMILES string of the molecule is O=C1[C@@H]2[C@@H](C(=O)N1c1ccccc1O)[C@H]1C=C[C@@H]2C1. The second-order valence-corrected chi connectivity index (χ2v) is 5.50. The minimum Gasteiger partial charge on any atom is -0.506 e. The lowest BCUT2D eigenvalue weighted by molar-refractivity contribution is -0.123. The van der Waals surface area contributed by atoms with Crippen molar-refractivity contribution >= 4 is 17.5 Å². The lowest BCUT2D eigenvalue weighted by Gasteiger charge is -2.18. The second kappa shape index (κ2) is 3.47. The number of benzene rings is 1. The quantitative estimate of drug-likeness (QED) is 0.614. The molecule has 4 nitrogen and oxygen atoms in total. The number of rotatable bonds is 1. The molecule has 0 unspecified atom stereocenters. The third-order valence-corrected chi connectivity index (χ3v) is 4.59. The summed E-state index contributed by atoms with van der Waals surface area (Å²) in [5.74, 6) is -0.389. The Balaban J connectivity index is 1.79. The second-order valence-electron chi connectivity index (χ2n) is 5.50. The summed E-state index contributed by atoms with van der Waals surface area (Å²) in [6.45, 7) is 0.